The van der Waals surface area contributed by atoms with E-state index in [2.05, 4.69) is 166 Å². The number of nitrogens with zero attached hydrogens (tertiary/aromatic N) is 1. The minimum Gasteiger partial charge on any atom is -0.309 e. The van der Waals surface area contributed by atoms with Crippen molar-refractivity contribution in [2.75, 3.05) is 4.90 Å². The molecule has 1 heterocycles. The molecule has 10 rings (SSSR count). The highest BCUT2D eigenvalue weighted by atomic mass is 16.1. The van der Waals surface area contributed by atoms with Crippen molar-refractivity contribution in [2.45, 2.75) is 38.5 Å². The van der Waals surface area contributed by atoms with E-state index in [1.807, 2.05) is 18.2 Å². The molecule has 7 aromatic carbocycles. The van der Waals surface area contributed by atoms with E-state index in [4.69, 9.17) is 0 Å². The van der Waals surface area contributed by atoms with E-state index < -0.39 is 0 Å². The SMILES string of the molecule is CC1(C)/C(=C/c2ccc3c(c2)C(C)(C)c2cc(-c4ccc5c6c(cccc46)-c4ccccc4N5c4ccccc4)ccc2-3)C(=O)c2ccccc21. The molecule has 1 aliphatic heterocycles. The quantitative estimate of drug-likeness (QED) is 0.177. The van der Waals surface area contributed by atoms with Crippen molar-refractivity contribution < 1.29 is 4.79 Å². The van der Waals surface area contributed by atoms with Crippen LogP contribution >= 0.6 is 0 Å². The summed E-state index contributed by atoms with van der Waals surface area (Å²) < 4.78 is 0. The van der Waals surface area contributed by atoms with Gasteiger partial charge in [0.15, 0.2) is 5.78 Å². The first-order chi connectivity index (χ1) is 24.7. The predicted molar refractivity (Wildman–Crippen MR) is 212 cm³/mol. The van der Waals surface area contributed by atoms with Crippen LogP contribution < -0.4 is 4.90 Å². The van der Waals surface area contributed by atoms with Gasteiger partial charge in [0.05, 0.1) is 11.4 Å². The Labute approximate surface area is 299 Å². The Morgan fingerprint density at radius 1 is 0.490 bits per heavy atom. The number of hydrogen-bond donors (Lipinski definition) is 0. The van der Waals surface area contributed by atoms with Crippen LogP contribution in [0.15, 0.2) is 151 Å². The van der Waals surface area contributed by atoms with Crippen molar-refractivity contribution >= 4 is 39.7 Å². The van der Waals surface area contributed by atoms with Crippen LogP contribution in [-0.2, 0) is 10.8 Å². The average Bonchev–Trinajstić information content (AvgIpc) is 3.50. The Hall–Kier alpha value is -5.99. The second-order valence-electron chi connectivity index (χ2n) is 15.3. The Morgan fingerprint density at radius 2 is 1.16 bits per heavy atom. The number of hydrogen-bond acceptors (Lipinski definition) is 2. The fourth-order valence-corrected chi connectivity index (χ4v) is 9.16. The van der Waals surface area contributed by atoms with Gasteiger partial charge in [0.2, 0.25) is 0 Å². The summed E-state index contributed by atoms with van der Waals surface area (Å²) in [5, 5.41) is 2.54. The summed E-state index contributed by atoms with van der Waals surface area (Å²) in [6, 6.07) is 52.6. The maximum Gasteiger partial charge on any atom is 0.190 e. The number of ketones is 1. The molecule has 3 aliphatic rings. The smallest absolute Gasteiger partial charge is 0.190 e. The summed E-state index contributed by atoms with van der Waals surface area (Å²) in [4.78, 5) is 16.0. The lowest BCUT2D eigenvalue weighted by atomic mass is 9.80. The van der Waals surface area contributed by atoms with Gasteiger partial charge in [-0.3, -0.25) is 4.79 Å². The van der Waals surface area contributed by atoms with Gasteiger partial charge in [0.1, 0.15) is 0 Å². The van der Waals surface area contributed by atoms with Crippen LogP contribution in [-0.4, -0.2) is 5.78 Å². The zero-order valence-electron chi connectivity index (χ0n) is 29.3. The fourth-order valence-electron chi connectivity index (χ4n) is 9.16. The van der Waals surface area contributed by atoms with Gasteiger partial charge in [-0.25, -0.2) is 0 Å². The lowest BCUT2D eigenvalue weighted by Crippen LogP contribution is -2.17. The van der Waals surface area contributed by atoms with Gasteiger partial charge >= 0.3 is 0 Å². The van der Waals surface area contributed by atoms with Gasteiger partial charge in [-0.2, -0.15) is 0 Å². The number of benzene rings is 7. The molecule has 2 aliphatic carbocycles. The lowest BCUT2D eigenvalue weighted by molar-refractivity contribution is 0.103. The first-order valence-corrected chi connectivity index (χ1v) is 17.9. The summed E-state index contributed by atoms with van der Waals surface area (Å²) in [6.45, 7) is 9.00. The van der Waals surface area contributed by atoms with Gasteiger partial charge in [-0.15, -0.1) is 0 Å². The van der Waals surface area contributed by atoms with Gasteiger partial charge in [0, 0.05) is 38.6 Å². The largest absolute Gasteiger partial charge is 0.309 e. The van der Waals surface area contributed by atoms with Gasteiger partial charge in [0.25, 0.3) is 0 Å². The molecule has 0 saturated carbocycles. The monoisotopic (exact) mass is 655 g/mol. The Bertz CT molecular complexity index is 2660. The molecule has 0 spiro atoms. The third kappa shape index (κ3) is 4.14. The third-order valence-electron chi connectivity index (χ3n) is 11.8. The number of anilines is 3. The maximum absolute atomic E-state index is 13.6. The van der Waals surface area contributed by atoms with Crippen LogP contribution in [0, 0.1) is 0 Å². The molecule has 7 aromatic rings. The molecule has 244 valence electrons. The number of carbonyl (C=O) groups is 1. The van der Waals surface area contributed by atoms with E-state index in [1.165, 1.54) is 66.7 Å². The molecule has 0 bridgehead atoms. The van der Waals surface area contributed by atoms with Crippen molar-refractivity contribution in [1.82, 2.24) is 0 Å². The minimum absolute atomic E-state index is 0.139. The highest BCUT2D eigenvalue weighted by Crippen LogP contribution is 2.54. The topological polar surface area (TPSA) is 20.3 Å². The standard InChI is InChI=1S/C49H37NO/c1-48(2)40-19-10-8-16-39(40)47(51)43(48)28-30-21-23-34-35-24-22-31(29-42(35)49(3,4)41(34)27-30)33-25-26-45-46-37(33)17-12-18-38(46)36-15-9-11-20-44(36)50(45)32-13-6-5-7-14-32/h5-29H,1-4H3/b43-28+. The van der Waals surface area contributed by atoms with Crippen molar-refractivity contribution in [2.24, 2.45) is 0 Å². The number of fused-ring (bicyclic) bond motifs is 6. The first-order valence-electron chi connectivity index (χ1n) is 17.9. The second-order valence-corrected chi connectivity index (χ2v) is 15.3. The van der Waals surface area contributed by atoms with E-state index >= 15 is 0 Å². The minimum atomic E-state index is -0.334. The normalized spacial score (nSPS) is 16.6. The summed E-state index contributed by atoms with van der Waals surface area (Å²) >= 11 is 0. The second kappa shape index (κ2) is 10.5. The van der Waals surface area contributed by atoms with E-state index in [1.54, 1.807) is 0 Å². The van der Waals surface area contributed by atoms with Crippen molar-refractivity contribution in [3.63, 3.8) is 0 Å². The van der Waals surface area contributed by atoms with Crippen molar-refractivity contribution in [3.05, 3.63) is 179 Å². The highest BCUT2D eigenvalue weighted by Gasteiger charge is 2.41. The lowest BCUT2D eigenvalue weighted by Gasteiger charge is -2.34. The average molecular weight is 656 g/mol. The van der Waals surface area contributed by atoms with E-state index in [0.717, 1.165) is 28.0 Å². The molecule has 0 N–H and O–H groups in total. The van der Waals surface area contributed by atoms with Crippen molar-refractivity contribution in [3.8, 4) is 33.4 Å². The number of Topliss-reactive ketones (excluding diaryl/α,β-unsaturated/α-hetero) is 1. The molecule has 0 aromatic heterocycles. The molecule has 0 radical (unpaired) electrons. The molecule has 0 fully saturated rings. The first kappa shape index (κ1) is 29.9. The molecule has 51 heavy (non-hydrogen) atoms. The number of para-hydroxylation sites is 2. The van der Waals surface area contributed by atoms with Crippen molar-refractivity contribution in [1.29, 1.82) is 0 Å². The number of allylic oxidation sites excluding steroid dienone is 1. The number of rotatable bonds is 3. The summed E-state index contributed by atoms with van der Waals surface area (Å²) in [6.07, 6.45) is 2.12. The van der Waals surface area contributed by atoms with E-state index in [9.17, 15) is 4.79 Å². The zero-order chi connectivity index (χ0) is 34.6. The Balaban J connectivity index is 1.08. The van der Waals surface area contributed by atoms with E-state index in [-0.39, 0.29) is 16.6 Å². The zero-order valence-corrected chi connectivity index (χ0v) is 29.3. The highest BCUT2D eigenvalue weighted by molar-refractivity contribution is 6.18. The molecule has 0 saturated heterocycles. The molecular formula is C49H37NO. The van der Waals surface area contributed by atoms with Crippen LogP contribution in [0.5, 0.6) is 0 Å². The van der Waals surface area contributed by atoms with Crippen LogP contribution in [0.2, 0.25) is 0 Å². The van der Waals surface area contributed by atoms with Gasteiger partial charge in [-0.05, 0) is 91.9 Å². The molecule has 2 nitrogen and oxygen atoms in total. The molecule has 0 amide bonds. The maximum atomic E-state index is 13.6. The third-order valence-corrected chi connectivity index (χ3v) is 11.8. The summed E-state index contributed by atoms with van der Waals surface area (Å²) in [5.41, 5.74) is 17.1. The fraction of sp³-hybridized carbons (Fsp3) is 0.122. The summed E-state index contributed by atoms with van der Waals surface area (Å²) in [7, 11) is 0. The van der Waals surface area contributed by atoms with E-state index in [0.29, 0.717) is 0 Å². The Morgan fingerprint density at radius 3 is 1.96 bits per heavy atom. The van der Waals surface area contributed by atoms with Gasteiger partial charge < -0.3 is 4.90 Å². The Kier molecular flexibility index (Phi) is 6.16. The number of carbonyl (C=O) groups excluding carboxylic acids is 1. The van der Waals surface area contributed by atoms with Crippen LogP contribution in [0.4, 0.5) is 17.1 Å². The van der Waals surface area contributed by atoms with Crippen LogP contribution in [0.25, 0.3) is 50.2 Å². The molecule has 0 unspecified atom stereocenters. The summed E-state index contributed by atoms with van der Waals surface area (Å²) in [5.74, 6) is 0.139. The molecular weight excluding hydrogens is 619 g/mol. The molecule has 2 heteroatoms. The van der Waals surface area contributed by atoms with Gasteiger partial charge in [-0.1, -0.05) is 143 Å². The predicted octanol–water partition coefficient (Wildman–Crippen LogP) is 12.8. The van der Waals surface area contributed by atoms with Crippen LogP contribution in [0.1, 0.15) is 60.3 Å². The van der Waals surface area contributed by atoms with Crippen LogP contribution in [0.3, 0.4) is 0 Å². The molecule has 0 atom stereocenters.